The van der Waals surface area contributed by atoms with Crippen LogP contribution < -0.4 is 9.47 Å². The summed E-state index contributed by atoms with van der Waals surface area (Å²) < 4.78 is 10.5. The minimum Gasteiger partial charge on any atom is -0.477 e. The fourth-order valence-electron chi connectivity index (χ4n) is 1.76. The smallest absolute Gasteiger partial charge is 0.345 e. The third-order valence-electron chi connectivity index (χ3n) is 2.75. The molecule has 0 spiro atoms. The number of rotatable bonds is 5. The number of oxime groups is 1. The summed E-state index contributed by atoms with van der Waals surface area (Å²) in [5, 5.41) is 12.7. The van der Waals surface area contributed by atoms with Crippen LogP contribution in [0.5, 0.6) is 11.5 Å². The van der Waals surface area contributed by atoms with Gasteiger partial charge in [0.2, 0.25) is 6.79 Å². The lowest BCUT2D eigenvalue weighted by Crippen LogP contribution is -1.92. The topological polar surface area (TPSA) is 77.4 Å². The van der Waals surface area contributed by atoms with Gasteiger partial charge < -0.3 is 19.4 Å². The van der Waals surface area contributed by atoms with Crippen molar-refractivity contribution in [2.45, 2.75) is 6.61 Å². The van der Waals surface area contributed by atoms with E-state index in [0.29, 0.717) is 11.5 Å². The molecule has 0 aliphatic carbocycles. The summed E-state index contributed by atoms with van der Waals surface area (Å²) in [4.78, 5) is 17.0. The minimum absolute atomic E-state index is 0.233. The Hall–Kier alpha value is -2.54. The van der Waals surface area contributed by atoms with Crippen molar-refractivity contribution in [3.05, 3.63) is 45.6 Å². The van der Waals surface area contributed by atoms with E-state index in [1.165, 1.54) is 11.3 Å². The molecule has 2 heterocycles. The molecule has 1 aromatic heterocycles. The van der Waals surface area contributed by atoms with Gasteiger partial charge in [-0.05, 0) is 30.3 Å². The first-order chi connectivity index (χ1) is 10.2. The van der Waals surface area contributed by atoms with E-state index in [4.69, 9.17) is 19.4 Å². The van der Waals surface area contributed by atoms with E-state index in [-0.39, 0.29) is 18.3 Å². The monoisotopic (exact) mass is 305 g/mol. The molecule has 0 amide bonds. The molecule has 1 aromatic carbocycles. The Morgan fingerprint density at radius 1 is 1.33 bits per heavy atom. The zero-order chi connectivity index (χ0) is 14.7. The lowest BCUT2D eigenvalue weighted by Gasteiger charge is -1.98. The van der Waals surface area contributed by atoms with Crippen molar-refractivity contribution in [2.75, 3.05) is 6.79 Å². The van der Waals surface area contributed by atoms with Crippen LogP contribution in [0.25, 0.3) is 0 Å². The zero-order valence-electron chi connectivity index (χ0n) is 10.8. The number of hydrogen-bond acceptors (Lipinski definition) is 6. The SMILES string of the molecule is O=C(O)c1ccc(CON=Cc2ccc3c(c2)OCO3)s1. The normalized spacial score (nSPS) is 12.8. The molecule has 1 N–H and O–H groups in total. The molecule has 0 radical (unpaired) electrons. The van der Waals surface area contributed by atoms with E-state index >= 15 is 0 Å². The maximum absolute atomic E-state index is 10.7. The molecule has 6 nitrogen and oxygen atoms in total. The number of nitrogens with zero attached hydrogens (tertiary/aromatic N) is 1. The molecule has 0 atom stereocenters. The van der Waals surface area contributed by atoms with E-state index in [1.54, 1.807) is 18.3 Å². The highest BCUT2D eigenvalue weighted by Crippen LogP contribution is 2.32. The van der Waals surface area contributed by atoms with Crippen LogP contribution in [0.1, 0.15) is 20.1 Å². The van der Waals surface area contributed by atoms with Gasteiger partial charge in [-0.2, -0.15) is 0 Å². The first-order valence-electron chi connectivity index (χ1n) is 6.09. The Bertz CT molecular complexity index is 694. The Balaban J connectivity index is 1.56. The van der Waals surface area contributed by atoms with Gasteiger partial charge in [-0.1, -0.05) is 5.16 Å². The second-order valence-electron chi connectivity index (χ2n) is 4.19. The van der Waals surface area contributed by atoms with E-state index in [2.05, 4.69) is 5.16 Å². The number of aromatic carboxylic acids is 1. The molecule has 1 aliphatic rings. The first kappa shape index (κ1) is 13.4. The fraction of sp³-hybridized carbons (Fsp3) is 0.143. The van der Waals surface area contributed by atoms with E-state index in [1.807, 2.05) is 18.2 Å². The van der Waals surface area contributed by atoms with Crippen LogP contribution in [0.4, 0.5) is 0 Å². The van der Waals surface area contributed by atoms with Crippen LogP contribution in [0, 0.1) is 0 Å². The maximum Gasteiger partial charge on any atom is 0.345 e. The van der Waals surface area contributed by atoms with Crippen LogP contribution >= 0.6 is 11.3 Å². The summed E-state index contributed by atoms with van der Waals surface area (Å²) >= 11 is 1.17. The Kier molecular flexibility index (Phi) is 3.74. The number of hydrogen-bond donors (Lipinski definition) is 1. The summed E-state index contributed by atoms with van der Waals surface area (Å²) in [5.41, 5.74) is 0.830. The summed E-state index contributed by atoms with van der Waals surface area (Å²) in [7, 11) is 0. The highest BCUT2D eigenvalue weighted by molar-refractivity contribution is 7.13. The zero-order valence-corrected chi connectivity index (χ0v) is 11.6. The molecule has 0 bridgehead atoms. The van der Waals surface area contributed by atoms with Gasteiger partial charge in [-0.3, -0.25) is 0 Å². The van der Waals surface area contributed by atoms with Gasteiger partial charge in [-0.25, -0.2) is 4.79 Å². The summed E-state index contributed by atoms with van der Waals surface area (Å²) in [6.45, 7) is 0.468. The standard InChI is InChI=1S/C14H11NO5S/c16-14(17)13-4-2-10(21-13)7-20-15-6-9-1-3-11-12(5-9)19-8-18-11/h1-6H,7-8H2,(H,16,17). The van der Waals surface area contributed by atoms with E-state index < -0.39 is 5.97 Å². The molecule has 108 valence electrons. The fourth-order valence-corrected chi connectivity index (χ4v) is 2.52. The first-order valence-corrected chi connectivity index (χ1v) is 6.91. The van der Waals surface area contributed by atoms with E-state index in [9.17, 15) is 4.79 Å². The quantitative estimate of drug-likeness (QED) is 0.679. The van der Waals surface area contributed by atoms with Crippen LogP contribution in [0.3, 0.4) is 0 Å². The number of carboxylic acid groups (broad SMARTS) is 1. The Morgan fingerprint density at radius 3 is 3.00 bits per heavy atom. The summed E-state index contributed by atoms with van der Waals surface area (Å²) in [6, 6.07) is 8.72. The third kappa shape index (κ3) is 3.14. The average Bonchev–Trinajstić information content (AvgIpc) is 3.12. The van der Waals surface area contributed by atoms with Gasteiger partial charge in [-0.15, -0.1) is 11.3 Å². The predicted molar refractivity (Wildman–Crippen MR) is 76.2 cm³/mol. The highest BCUT2D eigenvalue weighted by atomic mass is 32.1. The van der Waals surface area contributed by atoms with Crippen molar-refractivity contribution in [2.24, 2.45) is 5.16 Å². The summed E-state index contributed by atoms with van der Waals surface area (Å²) in [5.74, 6) is 0.464. The van der Waals surface area contributed by atoms with Gasteiger partial charge in [0.25, 0.3) is 0 Å². The van der Waals surface area contributed by atoms with Gasteiger partial charge >= 0.3 is 5.97 Å². The van der Waals surface area contributed by atoms with Crippen molar-refractivity contribution in [1.82, 2.24) is 0 Å². The molecule has 0 fully saturated rings. The number of ether oxygens (including phenoxy) is 2. The largest absolute Gasteiger partial charge is 0.477 e. The van der Waals surface area contributed by atoms with Gasteiger partial charge in [0.1, 0.15) is 4.88 Å². The van der Waals surface area contributed by atoms with Crippen molar-refractivity contribution < 1.29 is 24.2 Å². The molecule has 21 heavy (non-hydrogen) atoms. The predicted octanol–water partition coefficient (Wildman–Crippen LogP) is 2.73. The molecular formula is C14H11NO5S. The van der Waals surface area contributed by atoms with Crippen LogP contribution in [-0.4, -0.2) is 24.1 Å². The molecule has 3 rings (SSSR count). The van der Waals surface area contributed by atoms with Crippen molar-refractivity contribution in [3.63, 3.8) is 0 Å². The molecule has 0 saturated carbocycles. The Labute approximate surface area is 124 Å². The third-order valence-corrected chi connectivity index (χ3v) is 3.80. The number of thiophene rings is 1. The number of carbonyl (C=O) groups is 1. The number of fused-ring (bicyclic) bond motifs is 1. The number of carboxylic acids is 1. The van der Waals surface area contributed by atoms with Crippen molar-refractivity contribution in [1.29, 1.82) is 0 Å². The average molecular weight is 305 g/mol. The maximum atomic E-state index is 10.7. The molecule has 0 saturated heterocycles. The molecule has 0 unspecified atom stereocenters. The summed E-state index contributed by atoms with van der Waals surface area (Å²) in [6.07, 6.45) is 1.56. The van der Waals surface area contributed by atoms with Crippen LogP contribution in [-0.2, 0) is 11.4 Å². The molecule has 2 aromatic rings. The molecular weight excluding hydrogens is 294 g/mol. The lowest BCUT2D eigenvalue weighted by molar-refractivity contribution is 0.0702. The Morgan fingerprint density at radius 2 is 2.19 bits per heavy atom. The van der Waals surface area contributed by atoms with Gasteiger partial charge in [0.05, 0.1) is 6.21 Å². The van der Waals surface area contributed by atoms with Crippen molar-refractivity contribution in [3.8, 4) is 11.5 Å². The van der Waals surface area contributed by atoms with Crippen LogP contribution in [0.2, 0.25) is 0 Å². The second kappa shape index (κ2) is 5.84. The highest BCUT2D eigenvalue weighted by Gasteiger charge is 2.12. The second-order valence-corrected chi connectivity index (χ2v) is 5.36. The van der Waals surface area contributed by atoms with Gasteiger partial charge in [0, 0.05) is 10.4 Å². The van der Waals surface area contributed by atoms with E-state index in [0.717, 1.165) is 10.4 Å². The van der Waals surface area contributed by atoms with Gasteiger partial charge in [0.15, 0.2) is 18.1 Å². The molecule has 1 aliphatic heterocycles. The minimum atomic E-state index is -0.935. The van der Waals surface area contributed by atoms with Crippen LogP contribution in [0.15, 0.2) is 35.5 Å². The molecule has 7 heteroatoms. The number of benzene rings is 1. The van der Waals surface area contributed by atoms with Crippen molar-refractivity contribution >= 4 is 23.5 Å². The lowest BCUT2D eigenvalue weighted by atomic mass is 10.2.